The smallest absolute Gasteiger partial charge is 0.287 e. The molecule has 0 spiro atoms. The van der Waals surface area contributed by atoms with Crippen LogP contribution in [0.5, 0.6) is 0 Å². The van der Waals surface area contributed by atoms with Gasteiger partial charge in [0.2, 0.25) is 0 Å². The molecule has 1 aliphatic carbocycles. The highest BCUT2D eigenvalue weighted by atomic mass is 16.6. The van der Waals surface area contributed by atoms with Crippen LogP contribution in [0.4, 0.5) is 5.69 Å². The van der Waals surface area contributed by atoms with E-state index in [4.69, 9.17) is 0 Å². The van der Waals surface area contributed by atoms with E-state index in [1.165, 1.54) is 12.3 Å². The normalized spacial score (nSPS) is 25.9. The Bertz CT molecular complexity index is 579. The van der Waals surface area contributed by atoms with Crippen molar-refractivity contribution in [3.8, 4) is 0 Å². The molecule has 3 rings (SSSR count). The van der Waals surface area contributed by atoms with Gasteiger partial charge in [-0.05, 0) is 25.2 Å². The van der Waals surface area contributed by atoms with Crippen LogP contribution in [0.1, 0.15) is 42.7 Å². The third-order valence-corrected chi connectivity index (χ3v) is 4.41. The van der Waals surface area contributed by atoms with E-state index in [0.717, 1.165) is 19.3 Å². The molecule has 2 aliphatic rings. The van der Waals surface area contributed by atoms with E-state index in [2.05, 4.69) is 0 Å². The first-order chi connectivity index (χ1) is 9.97. The van der Waals surface area contributed by atoms with Gasteiger partial charge in [-0.3, -0.25) is 14.9 Å². The Morgan fingerprint density at radius 3 is 2.71 bits per heavy atom. The van der Waals surface area contributed by atoms with E-state index in [9.17, 15) is 20.0 Å². The Balaban J connectivity index is 1.85. The maximum absolute atomic E-state index is 12.6. The molecule has 0 bridgehead atoms. The summed E-state index contributed by atoms with van der Waals surface area (Å²) in [6, 6.07) is 1.55. The zero-order chi connectivity index (χ0) is 15.1. The van der Waals surface area contributed by atoms with Crippen molar-refractivity contribution in [3.05, 3.63) is 28.1 Å². The number of aliphatic hydroxyl groups excluding tert-OH is 1. The van der Waals surface area contributed by atoms with Gasteiger partial charge in [-0.15, -0.1) is 0 Å². The Hall–Kier alpha value is -1.89. The summed E-state index contributed by atoms with van der Waals surface area (Å²) in [5.41, 5.74) is 0.321. The molecule has 1 amide bonds. The molecule has 2 atom stereocenters. The van der Waals surface area contributed by atoms with Crippen LogP contribution in [0.3, 0.4) is 0 Å². The largest absolute Gasteiger partial charge is 0.391 e. The summed E-state index contributed by atoms with van der Waals surface area (Å²) in [7, 11) is 0. The number of rotatable bonds is 3. The monoisotopic (exact) mass is 293 g/mol. The lowest BCUT2D eigenvalue weighted by Crippen LogP contribution is -2.46. The molecule has 1 N–H and O–H groups in total. The molecule has 0 aromatic carbocycles. The maximum Gasteiger partial charge on any atom is 0.287 e. The van der Waals surface area contributed by atoms with Crippen LogP contribution in [0.15, 0.2) is 12.3 Å². The summed E-state index contributed by atoms with van der Waals surface area (Å²) in [6.45, 7) is 2.84. The number of carbonyl (C=O) groups excluding carboxylic acids is 1. The van der Waals surface area contributed by atoms with E-state index in [1.54, 1.807) is 9.47 Å². The summed E-state index contributed by atoms with van der Waals surface area (Å²) in [4.78, 5) is 24.7. The first-order valence-corrected chi connectivity index (χ1v) is 7.31. The van der Waals surface area contributed by atoms with Crippen LogP contribution in [-0.4, -0.2) is 44.6 Å². The van der Waals surface area contributed by atoms with Gasteiger partial charge >= 0.3 is 0 Å². The van der Waals surface area contributed by atoms with Crippen LogP contribution in [0.2, 0.25) is 0 Å². The summed E-state index contributed by atoms with van der Waals surface area (Å²) in [5.74, 6) is -0.0421. The topological polar surface area (TPSA) is 88.6 Å². The van der Waals surface area contributed by atoms with E-state index < -0.39 is 11.0 Å². The molecule has 0 radical (unpaired) electrons. The van der Waals surface area contributed by atoms with Crippen molar-refractivity contribution in [1.82, 2.24) is 9.47 Å². The van der Waals surface area contributed by atoms with Crippen molar-refractivity contribution >= 4 is 11.6 Å². The molecule has 1 aromatic rings. The number of amides is 1. The Kier molecular flexibility index (Phi) is 3.44. The van der Waals surface area contributed by atoms with Crippen LogP contribution in [0.25, 0.3) is 0 Å². The fourth-order valence-electron chi connectivity index (χ4n) is 2.79. The van der Waals surface area contributed by atoms with Gasteiger partial charge in [0.15, 0.2) is 0 Å². The van der Waals surface area contributed by atoms with E-state index >= 15 is 0 Å². The van der Waals surface area contributed by atoms with Crippen LogP contribution < -0.4 is 0 Å². The predicted octanol–water partition coefficient (Wildman–Crippen LogP) is 1.57. The molecule has 7 nitrogen and oxygen atoms in total. The lowest BCUT2D eigenvalue weighted by Gasteiger charge is -2.34. The molecule has 2 heterocycles. The van der Waals surface area contributed by atoms with Crippen molar-refractivity contribution in [3.63, 3.8) is 0 Å². The molecule has 21 heavy (non-hydrogen) atoms. The molecule has 1 aliphatic heterocycles. The molecule has 2 unspecified atom stereocenters. The summed E-state index contributed by atoms with van der Waals surface area (Å²) < 4.78 is 1.73. The van der Waals surface area contributed by atoms with Gasteiger partial charge in [-0.2, -0.15) is 0 Å². The van der Waals surface area contributed by atoms with Gasteiger partial charge in [-0.1, -0.05) is 6.92 Å². The molecular formula is C14H19N3O4. The van der Waals surface area contributed by atoms with Gasteiger partial charge in [-0.25, -0.2) is 0 Å². The minimum Gasteiger partial charge on any atom is -0.391 e. The zero-order valence-electron chi connectivity index (χ0n) is 11.9. The number of carbonyl (C=O) groups is 1. The van der Waals surface area contributed by atoms with Crippen molar-refractivity contribution in [2.24, 2.45) is 5.92 Å². The van der Waals surface area contributed by atoms with Crippen LogP contribution in [0, 0.1) is 16.0 Å². The second-order valence-electron chi connectivity index (χ2n) is 6.06. The fourth-order valence-corrected chi connectivity index (χ4v) is 2.79. The summed E-state index contributed by atoms with van der Waals surface area (Å²) in [5, 5.41) is 20.8. The third-order valence-electron chi connectivity index (χ3n) is 4.41. The molecular weight excluding hydrogens is 274 g/mol. The molecule has 2 fully saturated rings. The van der Waals surface area contributed by atoms with Gasteiger partial charge in [0.25, 0.3) is 11.6 Å². The quantitative estimate of drug-likeness (QED) is 0.676. The fraction of sp³-hybridized carbons (Fsp3) is 0.643. The lowest BCUT2D eigenvalue weighted by molar-refractivity contribution is -0.384. The Morgan fingerprint density at radius 2 is 2.14 bits per heavy atom. The first kappa shape index (κ1) is 14.1. The van der Waals surface area contributed by atoms with Gasteiger partial charge in [0, 0.05) is 25.2 Å². The number of nitrogens with zero attached hydrogens (tertiary/aromatic N) is 3. The Morgan fingerprint density at radius 1 is 1.43 bits per heavy atom. The minimum absolute atomic E-state index is 0.0452. The lowest BCUT2D eigenvalue weighted by atomic mass is 9.96. The van der Waals surface area contributed by atoms with Crippen LogP contribution >= 0.6 is 0 Å². The van der Waals surface area contributed by atoms with Crippen LogP contribution in [-0.2, 0) is 0 Å². The molecule has 1 saturated heterocycles. The standard InChI is InChI=1S/C14H19N3O4/c1-9-4-5-15(8-13(9)18)14(19)12-6-11(17(20)21)7-16(12)10-2-3-10/h6-7,9-10,13,18H,2-5,8H2,1H3. The number of β-amino-alcohol motifs (C(OH)–C–C–N with tert-alkyl or cyclic N) is 1. The highest BCUT2D eigenvalue weighted by Crippen LogP contribution is 2.38. The maximum atomic E-state index is 12.6. The number of likely N-dealkylation sites (tertiary alicyclic amines) is 1. The van der Waals surface area contributed by atoms with Crippen molar-refractivity contribution in [1.29, 1.82) is 0 Å². The van der Waals surface area contributed by atoms with Crippen molar-refractivity contribution in [2.45, 2.75) is 38.3 Å². The number of aromatic nitrogens is 1. The average molecular weight is 293 g/mol. The number of hydrogen-bond acceptors (Lipinski definition) is 4. The molecule has 1 aromatic heterocycles. The second-order valence-corrected chi connectivity index (χ2v) is 6.06. The van der Waals surface area contributed by atoms with Gasteiger partial charge in [0.1, 0.15) is 5.69 Å². The summed E-state index contributed by atoms with van der Waals surface area (Å²) in [6.07, 6.45) is 3.58. The van der Waals surface area contributed by atoms with E-state index in [0.29, 0.717) is 18.8 Å². The molecule has 114 valence electrons. The first-order valence-electron chi connectivity index (χ1n) is 7.31. The number of aliphatic hydroxyl groups is 1. The summed E-state index contributed by atoms with van der Waals surface area (Å²) >= 11 is 0. The SMILES string of the molecule is CC1CCN(C(=O)c2cc([N+](=O)[O-])cn2C2CC2)CC1O. The highest BCUT2D eigenvalue weighted by Gasteiger charge is 2.34. The third kappa shape index (κ3) is 2.65. The second kappa shape index (κ2) is 5.14. The van der Waals surface area contributed by atoms with Crippen molar-refractivity contribution in [2.75, 3.05) is 13.1 Å². The average Bonchev–Trinajstić information content (AvgIpc) is 3.19. The molecule has 7 heteroatoms. The predicted molar refractivity (Wildman–Crippen MR) is 75.0 cm³/mol. The van der Waals surface area contributed by atoms with E-state index in [1.807, 2.05) is 6.92 Å². The number of hydrogen-bond donors (Lipinski definition) is 1. The number of piperidine rings is 1. The highest BCUT2D eigenvalue weighted by molar-refractivity contribution is 5.93. The van der Waals surface area contributed by atoms with Crippen molar-refractivity contribution < 1.29 is 14.8 Å². The minimum atomic E-state index is -0.526. The molecule has 1 saturated carbocycles. The number of nitro groups is 1. The van der Waals surface area contributed by atoms with E-state index in [-0.39, 0.29) is 23.6 Å². The van der Waals surface area contributed by atoms with Gasteiger partial charge in [0.05, 0.1) is 17.2 Å². The Labute approximate surface area is 122 Å². The zero-order valence-corrected chi connectivity index (χ0v) is 11.9. The van der Waals surface area contributed by atoms with Gasteiger partial charge < -0.3 is 14.6 Å².